The molecule has 14 unspecified atom stereocenters. The number of rotatable bonds is 44. The van der Waals surface area contributed by atoms with Crippen LogP contribution in [0.2, 0.25) is 0 Å². The van der Waals surface area contributed by atoms with Gasteiger partial charge in [-0.3, -0.25) is 4.79 Å². The average molecular weight is 1920 g/mol. The summed E-state index contributed by atoms with van der Waals surface area (Å²) in [4.78, 5) is 15.8. The first-order valence-electron chi connectivity index (χ1n) is 45.3. The molecule has 6 heterocycles. The van der Waals surface area contributed by atoms with Gasteiger partial charge in [0.1, 0.15) is 122 Å². The predicted molar refractivity (Wildman–Crippen MR) is 488 cm³/mol. The van der Waals surface area contributed by atoms with Crippen molar-refractivity contribution in [2.75, 3.05) is 102 Å². The molecule has 10 aliphatic rings. The van der Waals surface area contributed by atoms with Gasteiger partial charge in [-0.1, -0.05) is 48.9 Å². The fourth-order valence-corrected chi connectivity index (χ4v) is 20.8. The Hall–Kier alpha value is -3.75. The number of nitrogens with one attached hydrogen (secondary N) is 5. The van der Waals surface area contributed by atoms with E-state index in [1.54, 1.807) is 0 Å². The summed E-state index contributed by atoms with van der Waals surface area (Å²) < 4.78 is 74.2. The number of nitrogens with two attached hydrogens (primary N) is 12. The number of nitrogens with zero attached hydrogens (tertiary/aromatic N) is 1. The minimum absolute atomic E-state index is 0.0278. The Bertz CT molecular complexity index is 3960. The van der Waals surface area contributed by atoms with E-state index in [4.69, 9.17) is 150 Å². The molecule has 38 atom stereocenters. The van der Waals surface area contributed by atoms with Gasteiger partial charge in [0.2, 0.25) is 5.91 Å². The number of thiocarbonyl (C=S) groups is 2. The highest BCUT2D eigenvalue weighted by Crippen LogP contribution is 2.43. The van der Waals surface area contributed by atoms with Gasteiger partial charge in [-0.2, -0.15) is 23.5 Å². The van der Waals surface area contributed by atoms with Crippen molar-refractivity contribution < 1.29 is 123 Å². The molecule has 0 radical (unpaired) electrons. The van der Waals surface area contributed by atoms with Gasteiger partial charge in [-0.25, -0.2) is 0 Å². The van der Waals surface area contributed by atoms with E-state index in [1.807, 2.05) is 0 Å². The maximum Gasteiger partial charge on any atom is 0.220 e. The molecule has 738 valence electrons. The summed E-state index contributed by atoms with van der Waals surface area (Å²) >= 11 is 14.3. The first-order chi connectivity index (χ1) is 62.3. The Labute approximate surface area is 775 Å². The number of benzene rings is 2. The lowest BCUT2D eigenvalue weighted by atomic mass is 9.79. The van der Waals surface area contributed by atoms with Crippen LogP contribution < -0.4 is 95.4 Å². The highest BCUT2D eigenvalue weighted by Gasteiger charge is 2.58. The molecule has 0 aromatic heterocycles. The summed E-state index contributed by atoms with van der Waals surface area (Å²) in [7, 11) is 0. The highest BCUT2D eigenvalue weighted by atomic mass is 32.2. The predicted octanol–water partition coefficient (Wildman–Crippen LogP) is -10.8. The zero-order valence-electron chi connectivity index (χ0n) is 73.0. The second-order valence-corrected chi connectivity index (χ2v) is 38.4. The maximum atomic E-state index is 13.4. The molecule has 6 aliphatic heterocycles. The summed E-state index contributed by atoms with van der Waals surface area (Å²) in [6.45, 7) is 4.08. The zero-order valence-corrected chi connectivity index (χ0v) is 76.2. The number of allylic oxidation sites excluding steroid dienone is 4. The number of amides is 1. The van der Waals surface area contributed by atoms with Crippen molar-refractivity contribution in [1.29, 1.82) is 0 Å². The van der Waals surface area contributed by atoms with Crippen LogP contribution in [-0.4, -0.2) is 416 Å². The molecule has 8 fully saturated rings. The molecule has 6 saturated heterocycles. The van der Waals surface area contributed by atoms with E-state index in [0.29, 0.717) is 67.3 Å². The van der Waals surface area contributed by atoms with Gasteiger partial charge in [0.05, 0.1) is 48.6 Å². The van der Waals surface area contributed by atoms with Crippen LogP contribution in [0.3, 0.4) is 0 Å². The van der Waals surface area contributed by atoms with E-state index in [0.717, 1.165) is 71.0 Å². The SMILES string of the molecule is NCC1O[C@@H](O[C@@H]2C(N)C[C@@H](N)C(O)[C@H]2OC2O[C@H](CSCCNC(=S)NCCCCN(CCCCCNC(=O)CCc3cc4cccc5c4c4c3CC=CC4=CC5)CCCNC(=S)NCCSC[C@H]3OC(O[C@@H]4C(O)[C@H](N)CC(N)[C@H]4O[C@@H]4OC(CN)[C@@H](O)[C@H](O)C4N)[C@@H](O)[C@H]3O[C@H]3O[C@@H](CN)[C@@H](O)C(O)C3N)[C@H](O[C@H]3O[C@@H](CN)[C@@H](O)C(O)C3N)[C@@H]2O)C(N)[C@@H](O)[C@@H]1O. The second kappa shape index (κ2) is 49.7. The van der Waals surface area contributed by atoms with Gasteiger partial charge in [0, 0.05) is 113 Å². The molecule has 2 saturated carbocycles. The standard InChI is InChI=1S/C83H142N18O25S4/c84-30-45-60(105)64(109)54(92)76(115-45)121-70-43(90)28-41(88)58(103)74(70)125-80-68(113)72(123-78-56(94)66(111)62(107)47(32-86)117-78)49(119-80)34-129-25-20-99-82(127)97-18-3-5-23-101(22-4-1-2-17-96-51(102)16-15-38-27-39-11-6-9-36-13-14-37-10-7-12-40(38)53(37)52(36)39)24-8-19-98-83(128)100-21-26-130-35-50-73(124-79-57(95)67(112)63(108)48(33-87)118-79)69(114)81(120-50)126-75-59(104)42(89)29-44(91)71(75)122-77-55(93)65(110)61(106)46(31-85)116-77/h6-7,9-11,14,27,41-50,54-81,103-114H,1-5,8,12-13,15-26,28-35,84-95H2,(H,96,102)(H2,97,99,127)(H2,98,100,128)/t41-,42-,43?,44?,45?,46?,47+,48+,49-,50-,54?,55?,56?,57?,58?,59?,60-,61-,62-,63-,64-,65-,66?,67?,68+,69+,70-,71-,72+,73+,74-,75-,76+,77+,78-,79-,80?,81?/m1/s1. The molecule has 2 aromatic rings. The van der Waals surface area contributed by atoms with Crippen molar-refractivity contribution in [2.24, 2.45) is 68.8 Å². The third-order valence-corrected chi connectivity index (χ3v) is 28.8. The molecule has 12 rings (SSSR count). The normalized spacial score (nSPS) is 39.6. The fourth-order valence-electron chi connectivity index (χ4n) is 18.5. The maximum absolute atomic E-state index is 13.4. The van der Waals surface area contributed by atoms with Gasteiger partial charge in [0.15, 0.2) is 48.0 Å². The fraction of sp³-hybridized carbons (Fsp3) is 0.795. The van der Waals surface area contributed by atoms with Crippen LogP contribution in [0.15, 0.2) is 42.5 Å². The summed E-state index contributed by atoms with van der Waals surface area (Å²) in [5.41, 5.74) is 81.1. The van der Waals surface area contributed by atoms with E-state index < -0.39 is 233 Å². The lowest BCUT2D eigenvalue weighted by molar-refractivity contribution is -0.306. The molecule has 4 aliphatic carbocycles. The Morgan fingerprint density at radius 3 is 1.28 bits per heavy atom. The summed E-state index contributed by atoms with van der Waals surface area (Å²) in [6.07, 6.45) is -25.7. The number of aliphatic hydroxyl groups is 12. The molecule has 47 heteroatoms. The number of aliphatic hydroxyl groups excluding tert-OH is 12. The van der Waals surface area contributed by atoms with Crippen LogP contribution in [-0.2, 0) is 80.9 Å². The number of hydrogen-bond donors (Lipinski definition) is 29. The van der Waals surface area contributed by atoms with Gasteiger partial charge in [-0.15, -0.1) is 0 Å². The van der Waals surface area contributed by atoms with Gasteiger partial charge in [0.25, 0.3) is 0 Å². The number of carbonyl (C=O) groups is 1. The second-order valence-electron chi connectivity index (χ2n) is 35.3. The minimum atomic E-state index is -1.61. The smallest absolute Gasteiger partial charge is 0.220 e. The van der Waals surface area contributed by atoms with Crippen LogP contribution in [0, 0.1) is 0 Å². The van der Waals surface area contributed by atoms with Gasteiger partial charge >= 0.3 is 0 Å². The molecular formula is C83H142N18O25S4. The first-order valence-corrected chi connectivity index (χ1v) is 48.5. The Kier molecular flexibility index (Phi) is 40.2. The summed E-state index contributed by atoms with van der Waals surface area (Å²) in [5.74, 6) is 1.34. The van der Waals surface area contributed by atoms with Crippen LogP contribution in [0.4, 0.5) is 0 Å². The Morgan fingerprint density at radius 1 is 0.431 bits per heavy atom. The molecular weight excluding hydrogens is 1780 g/mol. The lowest BCUT2D eigenvalue weighted by Crippen LogP contribution is -2.68. The van der Waals surface area contributed by atoms with E-state index in [2.05, 4.69) is 74.0 Å². The van der Waals surface area contributed by atoms with Crippen molar-refractivity contribution in [3.05, 3.63) is 64.7 Å². The van der Waals surface area contributed by atoms with Crippen LogP contribution >= 0.6 is 48.0 Å². The summed E-state index contributed by atoms with van der Waals surface area (Å²) in [6, 6.07) is -0.0604. The number of carbonyl (C=O) groups excluding carboxylic acids is 1. The number of hydrogen-bond acceptors (Lipinski definition) is 42. The Morgan fingerprint density at radius 2 is 0.823 bits per heavy atom. The molecule has 0 spiro atoms. The van der Waals surface area contributed by atoms with Crippen LogP contribution in [0.1, 0.15) is 80.0 Å². The van der Waals surface area contributed by atoms with E-state index in [1.165, 1.54) is 62.1 Å². The van der Waals surface area contributed by atoms with Crippen molar-refractivity contribution >= 4 is 80.4 Å². The first kappa shape index (κ1) is 105. The topological polar surface area (TPSA) is 746 Å². The largest absolute Gasteiger partial charge is 0.389 e. The zero-order chi connectivity index (χ0) is 93.5. The number of ether oxygens (including phenoxy) is 12. The number of thioether (sulfide) groups is 2. The molecule has 130 heavy (non-hydrogen) atoms. The molecule has 2 aromatic carbocycles. The van der Waals surface area contributed by atoms with E-state index in [-0.39, 0.29) is 56.4 Å². The van der Waals surface area contributed by atoms with Gasteiger partial charge in [-0.05, 0) is 147 Å². The number of unbranched alkanes of at least 4 members (excludes halogenated alkanes) is 3. The van der Waals surface area contributed by atoms with Crippen molar-refractivity contribution in [2.45, 2.75) is 310 Å². The molecule has 1 amide bonds. The van der Waals surface area contributed by atoms with Crippen LogP contribution in [0.5, 0.6) is 0 Å². The lowest BCUT2D eigenvalue weighted by Gasteiger charge is -2.47. The molecule has 43 nitrogen and oxygen atoms in total. The monoisotopic (exact) mass is 1920 g/mol. The van der Waals surface area contributed by atoms with Crippen molar-refractivity contribution in [1.82, 2.24) is 31.5 Å². The highest BCUT2D eigenvalue weighted by molar-refractivity contribution is 7.99. The molecule has 41 N–H and O–H groups in total. The third kappa shape index (κ3) is 25.8. The third-order valence-electron chi connectivity index (χ3n) is 26.1. The number of aryl methyl sites for hydroxylation is 1. The van der Waals surface area contributed by atoms with E-state index >= 15 is 0 Å². The molecule has 0 bridgehead atoms. The minimum Gasteiger partial charge on any atom is -0.389 e. The van der Waals surface area contributed by atoms with Gasteiger partial charge < -0.3 is 218 Å². The average Bonchev–Trinajstić information content (AvgIpc) is 1.35. The van der Waals surface area contributed by atoms with Crippen molar-refractivity contribution in [3.63, 3.8) is 0 Å². The Balaban J connectivity index is 0.610. The van der Waals surface area contributed by atoms with Crippen LogP contribution in [0.25, 0.3) is 16.3 Å². The van der Waals surface area contributed by atoms with Crippen molar-refractivity contribution in [3.8, 4) is 0 Å². The quantitative estimate of drug-likeness (QED) is 0.0216. The summed E-state index contributed by atoms with van der Waals surface area (Å²) in [5, 5.41) is 153. The van der Waals surface area contributed by atoms with E-state index in [9.17, 15) is 66.1 Å².